The zero-order chi connectivity index (χ0) is 14.5. The minimum absolute atomic E-state index is 0.184. The molecule has 1 saturated heterocycles. The number of ketones is 1. The standard InChI is InChI=1S/C14H14BrNO4/c15-10-3-1-9(2-4-10)7-11(17)8-13(18)16-12-5-6-20-14(12)19/h1-4,12H,5-8H2,(H,16,18)/t12-/m0/s1. The van der Waals surface area contributed by atoms with Crippen molar-refractivity contribution in [1.29, 1.82) is 0 Å². The summed E-state index contributed by atoms with van der Waals surface area (Å²) in [6.45, 7) is 0.316. The van der Waals surface area contributed by atoms with Crippen LogP contribution in [0.15, 0.2) is 28.7 Å². The van der Waals surface area contributed by atoms with Gasteiger partial charge in [-0.05, 0) is 17.7 Å². The number of esters is 1. The number of cyclic esters (lactones) is 1. The molecule has 106 valence electrons. The molecule has 0 unspecified atom stereocenters. The Morgan fingerprint density at radius 3 is 2.60 bits per heavy atom. The topological polar surface area (TPSA) is 72.5 Å². The van der Waals surface area contributed by atoms with E-state index >= 15 is 0 Å². The molecule has 5 nitrogen and oxygen atoms in total. The molecule has 1 aliphatic heterocycles. The molecule has 1 amide bonds. The third-order valence-corrected chi connectivity index (χ3v) is 3.47. The van der Waals surface area contributed by atoms with Crippen LogP contribution in [0.5, 0.6) is 0 Å². The molecule has 0 radical (unpaired) electrons. The molecule has 0 saturated carbocycles. The maximum atomic E-state index is 11.8. The second kappa shape index (κ2) is 6.65. The molecule has 1 aromatic carbocycles. The molecular formula is C14H14BrNO4. The predicted octanol–water partition coefficient (Wildman–Crippen LogP) is 1.38. The first-order chi connectivity index (χ1) is 9.54. The molecule has 2 rings (SSSR count). The molecular weight excluding hydrogens is 326 g/mol. The third-order valence-electron chi connectivity index (χ3n) is 2.94. The molecule has 1 heterocycles. The smallest absolute Gasteiger partial charge is 0.328 e. The predicted molar refractivity (Wildman–Crippen MR) is 75.0 cm³/mol. The second-order valence-corrected chi connectivity index (χ2v) is 5.51. The number of rotatable bonds is 5. The first kappa shape index (κ1) is 14.7. The lowest BCUT2D eigenvalue weighted by Gasteiger charge is -2.08. The summed E-state index contributed by atoms with van der Waals surface area (Å²) in [5.41, 5.74) is 0.853. The Hall–Kier alpha value is -1.69. The fraction of sp³-hybridized carbons (Fsp3) is 0.357. The summed E-state index contributed by atoms with van der Waals surface area (Å²) in [6, 6.07) is 6.74. The summed E-state index contributed by atoms with van der Waals surface area (Å²) in [5.74, 6) is -1.05. The zero-order valence-electron chi connectivity index (χ0n) is 10.7. The van der Waals surface area contributed by atoms with Gasteiger partial charge in [-0.2, -0.15) is 0 Å². The second-order valence-electron chi connectivity index (χ2n) is 4.59. The highest BCUT2D eigenvalue weighted by molar-refractivity contribution is 9.10. The van der Waals surface area contributed by atoms with E-state index in [-0.39, 0.29) is 18.6 Å². The SMILES string of the molecule is O=C(CC(=O)N[C@H]1CCOC1=O)Cc1ccc(Br)cc1. The van der Waals surface area contributed by atoms with Crippen molar-refractivity contribution in [2.45, 2.75) is 25.3 Å². The van der Waals surface area contributed by atoms with Crippen LogP contribution in [-0.4, -0.2) is 30.3 Å². The summed E-state index contributed by atoms with van der Waals surface area (Å²) in [6.07, 6.45) is 0.446. The molecule has 1 aliphatic rings. The summed E-state index contributed by atoms with van der Waals surface area (Å²) in [5, 5.41) is 2.51. The number of amides is 1. The molecule has 1 fully saturated rings. The minimum atomic E-state index is -0.608. The van der Waals surface area contributed by atoms with Crippen LogP contribution in [0.4, 0.5) is 0 Å². The summed E-state index contributed by atoms with van der Waals surface area (Å²) >= 11 is 3.31. The summed E-state index contributed by atoms with van der Waals surface area (Å²) in [4.78, 5) is 34.6. The van der Waals surface area contributed by atoms with Gasteiger partial charge in [0.05, 0.1) is 13.0 Å². The van der Waals surface area contributed by atoms with Gasteiger partial charge >= 0.3 is 5.97 Å². The van der Waals surface area contributed by atoms with Crippen LogP contribution < -0.4 is 5.32 Å². The quantitative estimate of drug-likeness (QED) is 0.649. The van der Waals surface area contributed by atoms with Gasteiger partial charge < -0.3 is 10.1 Å². The fourth-order valence-electron chi connectivity index (χ4n) is 1.94. The highest BCUT2D eigenvalue weighted by Gasteiger charge is 2.28. The Labute approximate surface area is 124 Å². The van der Waals surface area contributed by atoms with Crippen LogP contribution in [0.3, 0.4) is 0 Å². The number of Topliss-reactive ketones (excluding diaryl/α,β-unsaturated/α-hetero) is 1. The lowest BCUT2D eigenvalue weighted by atomic mass is 10.1. The Bertz CT molecular complexity index is 526. The van der Waals surface area contributed by atoms with Gasteiger partial charge in [0, 0.05) is 17.3 Å². The number of carbonyl (C=O) groups is 3. The Balaban J connectivity index is 1.80. The minimum Gasteiger partial charge on any atom is -0.464 e. The molecule has 1 atom stereocenters. The number of benzene rings is 1. The average molecular weight is 340 g/mol. The lowest BCUT2D eigenvalue weighted by molar-refractivity contribution is -0.141. The normalized spacial score (nSPS) is 17.6. The number of hydrogen-bond acceptors (Lipinski definition) is 4. The molecule has 0 spiro atoms. The van der Waals surface area contributed by atoms with Crippen molar-refractivity contribution in [3.8, 4) is 0 Å². The van der Waals surface area contributed by atoms with Gasteiger partial charge in [0.25, 0.3) is 0 Å². The van der Waals surface area contributed by atoms with Crippen LogP contribution in [0.25, 0.3) is 0 Å². The fourth-order valence-corrected chi connectivity index (χ4v) is 2.21. The molecule has 0 aliphatic carbocycles. The Morgan fingerprint density at radius 2 is 2.00 bits per heavy atom. The Morgan fingerprint density at radius 1 is 1.30 bits per heavy atom. The van der Waals surface area contributed by atoms with Gasteiger partial charge in [-0.1, -0.05) is 28.1 Å². The van der Waals surface area contributed by atoms with Gasteiger partial charge in [0.1, 0.15) is 11.8 Å². The number of nitrogens with one attached hydrogen (secondary N) is 1. The van der Waals surface area contributed by atoms with Crippen molar-refractivity contribution in [3.05, 3.63) is 34.3 Å². The maximum absolute atomic E-state index is 11.8. The van der Waals surface area contributed by atoms with Crippen LogP contribution in [0, 0.1) is 0 Å². The lowest BCUT2D eigenvalue weighted by Crippen LogP contribution is -2.38. The molecule has 0 bridgehead atoms. The van der Waals surface area contributed by atoms with Gasteiger partial charge in [0.2, 0.25) is 5.91 Å². The van der Waals surface area contributed by atoms with E-state index in [1.54, 1.807) is 0 Å². The number of halogens is 1. The van der Waals surface area contributed by atoms with Crippen molar-refractivity contribution in [1.82, 2.24) is 5.32 Å². The van der Waals surface area contributed by atoms with E-state index in [2.05, 4.69) is 21.2 Å². The molecule has 6 heteroatoms. The van der Waals surface area contributed by atoms with Crippen molar-refractivity contribution in [3.63, 3.8) is 0 Å². The van der Waals surface area contributed by atoms with E-state index in [1.165, 1.54) is 0 Å². The van der Waals surface area contributed by atoms with E-state index in [1.807, 2.05) is 24.3 Å². The first-order valence-corrected chi connectivity index (χ1v) is 7.06. The van der Waals surface area contributed by atoms with E-state index in [9.17, 15) is 14.4 Å². The Kier molecular flexibility index (Phi) is 4.89. The molecule has 0 aromatic heterocycles. The van der Waals surface area contributed by atoms with Crippen molar-refractivity contribution < 1.29 is 19.1 Å². The third kappa shape index (κ3) is 4.16. The average Bonchev–Trinajstić information content (AvgIpc) is 2.77. The highest BCUT2D eigenvalue weighted by Crippen LogP contribution is 2.11. The summed E-state index contributed by atoms with van der Waals surface area (Å²) in [7, 11) is 0. The zero-order valence-corrected chi connectivity index (χ0v) is 12.3. The van der Waals surface area contributed by atoms with E-state index in [0.29, 0.717) is 13.0 Å². The monoisotopic (exact) mass is 339 g/mol. The van der Waals surface area contributed by atoms with E-state index < -0.39 is 17.9 Å². The molecule has 1 N–H and O–H groups in total. The highest BCUT2D eigenvalue weighted by atomic mass is 79.9. The largest absolute Gasteiger partial charge is 0.464 e. The van der Waals surface area contributed by atoms with Gasteiger partial charge in [-0.3, -0.25) is 9.59 Å². The maximum Gasteiger partial charge on any atom is 0.328 e. The van der Waals surface area contributed by atoms with Crippen molar-refractivity contribution in [2.75, 3.05) is 6.61 Å². The van der Waals surface area contributed by atoms with Crippen LogP contribution in [0.2, 0.25) is 0 Å². The van der Waals surface area contributed by atoms with Gasteiger partial charge in [0.15, 0.2) is 0 Å². The van der Waals surface area contributed by atoms with Crippen molar-refractivity contribution in [2.24, 2.45) is 0 Å². The van der Waals surface area contributed by atoms with E-state index in [0.717, 1.165) is 10.0 Å². The first-order valence-electron chi connectivity index (χ1n) is 6.27. The van der Waals surface area contributed by atoms with Crippen LogP contribution in [-0.2, 0) is 25.5 Å². The van der Waals surface area contributed by atoms with E-state index in [4.69, 9.17) is 4.74 Å². The number of hydrogen-bond donors (Lipinski definition) is 1. The van der Waals surface area contributed by atoms with Crippen LogP contribution >= 0.6 is 15.9 Å². The van der Waals surface area contributed by atoms with Gasteiger partial charge in [-0.15, -0.1) is 0 Å². The summed E-state index contributed by atoms with van der Waals surface area (Å²) < 4.78 is 5.67. The van der Waals surface area contributed by atoms with Crippen LogP contribution in [0.1, 0.15) is 18.4 Å². The molecule has 20 heavy (non-hydrogen) atoms. The molecule has 1 aromatic rings. The number of ether oxygens (including phenoxy) is 1. The number of carbonyl (C=O) groups excluding carboxylic acids is 3. The van der Waals surface area contributed by atoms with Gasteiger partial charge in [-0.25, -0.2) is 4.79 Å². The van der Waals surface area contributed by atoms with Crippen molar-refractivity contribution >= 4 is 33.6 Å².